The van der Waals surface area contributed by atoms with Crippen LogP contribution in [0.2, 0.25) is 0 Å². The first-order valence-electron chi connectivity index (χ1n) is 5.45. The van der Waals surface area contributed by atoms with Crippen LogP contribution >= 0.6 is 0 Å². The Balaban J connectivity index is 4.73. The van der Waals surface area contributed by atoms with Gasteiger partial charge in [0.2, 0.25) is 5.91 Å². The van der Waals surface area contributed by atoms with Gasteiger partial charge in [0.15, 0.2) is 0 Å². The summed E-state index contributed by atoms with van der Waals surface area (Å²) in [4.78, 5) is 13.8. The van der Waals surface area contributed by atoms with E-state index in [2.05, 4.69) is 0 Å². The van der Waals surface area contributed by atoms with E-state index in [0.717, 1.165) is 4.90 Å². The Morgan fingerprint density at radius 3 is 2.18 bits per heavy atom. The van der Waals surface area contributed by atoms with Crippen LogP contribution in [-0.4, -0.2) is 61.7 Å². The lowest BCUT2D eigenvalue weighted by molar-refractivity contribution is -0.185. The van der Waals surface area contributed by atoms with Gasteiger partial charge in [0.1, 0.15) is 6.04 Å². The monoisotopic (exact) mass is 255 g/mol. The van der Waals surface area contributed by atoms with Crippen LogP contribution in [0.25, 0.3) is 0 Å². The van der Waals surface area contributed by atoms with Crippen LogP contribution in [0.3, 0.4) is 0 Å². The zero-order valence-corrected chi connectivity index (χ0v) is 10.4. The second-order valence-electron chi connectivity index (χ2n) is 3.99. The van der Waals surface area contributed by atoms with Gasteiger partial charge in [-0.3, -0.25) is 9.69 Å². The van der Waals surface area contributed by atoms with Crippen molar-refractivity contribution >= 4 is 5.91 Å². The molecule has 0 radical (unpaired) electrons. The Morgan fingerprint density at radius 2 is 1.88 bits per heavy atom. The third kappa shape index (κ3) is 5.36. The third-order valence-corrected chi connectivity index (χ3v) is 2.50. The Kier molecular flexibility index (Phi) is 6.48. The lowest BCUT2D eigenvalue weighted by Crippen LogP contribution is -2.50. The van der Waals surface area contributed by atoms with Gasteiger partial charge in [-0.1, -0.05) is 6.92 Å². The summed E-state index contributed by atoms with van der Waals surface area (Å²) in [7, 11) is 3.03. The molecule has 102 valence electrons. The summed E-state index contributed by atoms with van der Waals surface area (Å²) in [6.45, 7) is 1.45. The average Bonchev–Trinajstić information content (AvgIpc) is 2.21. The summed E-state index contributed by atoms with van der Waals surface area (Å²) in [5.41, 5.74) is 5.19. The number of carbonyl (C=O) groups excluding carboxylic acids is 1. The highest BCUT2D eigenvalue weighted by molar-refractivity contribution is 5.77. The van der Waals surface area contributed by atoms with Crippen LogP contribution in [0.1, 0.15) is 13.3 Å². The summed E-state index contributed by atoms with van der Waals surface area (Å²) in [6.07, 6.45) is -4.56. The van der Waals surface area contributed by atoms with Crippen LogP contribution in [0, 0.1) is 0 Å². The summed E-state index contributed by atoms with van der Waals surface area (Å²) in [6, 6.07) is -1.65. The minimum Gasteiger partial charge on any atom is -0.348 e. The Labute approximate surface area is 99.5 Å². The van der Waals surface area contributed by atoms with E-state index in [1.54, 1.807) is 6.92 Å². The zero-order chi connectivity index (χ0) is 13.6. The van der Waals surface area contributed by atoms with Gasteiger partial charge in [-0.15, -0.1) is 0 Å². The molecule has 0 bridgehead atoms. The van der Waals surface area contributed by atoms with E-state index in [-0.39, 0.29) is 32.0 Å². The summed E-state index contributed by atoms with van der Waals surface area (Å²) in [5, 5.41) is 0. The normalized spacial score (nSPS) is 13.9. The fourth-order valence-electron chi connectivity index (χ4n) is 1.47. The Bertz CT molecular complexity index is 243. The van der Waals surface area contributed by atoms with Crippen LogP contribution in [0.4, 0.5) is 13.2 Å². The molecule has 0 saturated carbocycles. The third-order valence-electron chi connectivity index (χ3n) is 2.50. The number of rotatable bonds is 6. The minimum absolute atomic E-state index is 0.0587. The molecule has 0 saturated heterocycles. The lowest BCUT2D eigenvalue weighted by Gasteiger charge is -2.32. The number of amides is 1. The molecule has 17 heavy (non-hydrogen) atoms. The Hall–Kier alpha value is -0.820. The van der Waals surface area contributed by atoms with E-state index in [4.69, 9.17) is 5.73 Å². The highest BCUT2D eigenvalue weighted by Crippen LogP contribution is 2.26. The number of likely N-dealkylation sites (N-methyl/N-ethyl adjacent to an activating group) is 2. The molecule has 0 aromatic rings. The molecule has 0 fully saturated rings. The van der Waals surface area contributed by atoms with Crippen molar-refractivity contribution in [3.8, 4) is 0 Å². The van der Waals surface area contributed by atoms with Gasteiger partial charge in [0.25, 0.3) is 0 Å². The molecule has 1 amide bonds. The maximum absolute atomic E-state index is 12.8. The number of carbonyl (C=O) groups is 1. The van der Waals surface area contributed by atoms with Crippen LogP contribution in [-0.2, 0) is 4.79 Å². The van der Waals surface area contributed by atoms with Crippen molar-refractivity contribution in [3.05, 3.63) is 0 Å². The van der Waals surface area contributed by atoms with Crippen molar-refractivity contribution in [1.82, 2.24) is 9.80 Å². The van der Waals surface area contributed by atoms with E-state index in [0.29, 0.717) is 0 Å². The molecule has 1 atom stereocenters. The molecule has 2 N–H and O–H groups in total. The van der Waals surface area contributed by atoms with Crippen molar-refractivity contribution in [2.75, 3.05) is 33.7 Å². The first kappa shape index (κ1) is 16.2. The minimum atomic E-state index is -4.36. The van der Waals surface area contributed by atoms with Crippen molar-refractivity contribution in [2.45, 2.75) is 25.6 Å². The maximum atomic E-state index is 12.8. The topological polar surface area (TPSA) is 49.6 Å². The Morgan fingerprint density at radius 1 is 1.35 bits per heavy atom. The van der Waals surface area contributed by atoms with E-state index in [1.807, 2.05) is 0 Å². The number of nitrogens with zero attached hydrogens (tertiary/aromatic N) is 2. The second kappa shape index (κ2) is 6.80. The highest BCUT2D eigenvalue weighted by Gasteiger charge is 2.42. The first-order chi connectivity index (χ1) is 7.73. The van der Waals surface area contributed by atoms with Crippen LogP contribution < -0.4 is 5.73 Å². The fraction of sp³-hybridized carbons (Fsp3) is 0.900. The van der Waals surface area contributed by atoms with Gasteiger partial charge < -0.3 is 10.6 Å². The molecule has 7 heteroatoms. The molecule has 0 aliphatic rings. The molecule has 0 spiro atoms. The molecule has 0 aliphatic heterocycles. The smallest absolute Gasteiger partial charge is 0.348 e. The molecule has 4 nitrogen and oxygen atoms in total. The van der Waals surface area contributed by atoms with E-state index in [1.165, 1.54) is 19.0 Å². The first-order valence-corrected chi connectivity index (χ1v) is 5.45. The van der Waals surface area contributed by atoms with Crippen LogP contribution in [0.5, 0.6) is 0 Å². The molecule has 0 aromatic heterocycles. The summed E-state index contributed by atoms with van der Waals surface area (Å²) >= 11 is 0. The number of nitrogens with two attached hydrogens (primary N) is 1. The quantitative estimate of drug-likeness (QED) is 0.759. The summed E-state index contributed by atoms with van der Waals surface area (Å²) in [5.74, 6) is -0.349. The summed E-state index contributed by atoms with van der Waals surface area (Å²) < 4.78 is 38.3. The number of hydrogen-bond acceptors (Lipinski definition) is 3. The van der Waals surface area contributed by atoms with Crippen molar-refractivity contribution in [1.29, 1.82) is 0 Å². The standard InChI is InChI=1S/C10H20F3N3O/c1-4-16(7-9(17)15(2)3)8(5-6-14)10(11,12)13/h8H,4-7,14H2,1-3H3. The molecular formula is C10H20F3N3O. The average molecular weight is 255 g/mol. The van der Waals surface area contributed by atoms with E-state index in [9.17, 15) is 18.0 Å². The van der Waals surface area contributed by atoms with Gasteiger partial charge in [-0.05, 0) is 19.5 Å². The highest BCUT2D eigenvalue weighted by atomic mass is 19.4. The van der Waals surface area contributed by atoms with E-state index >= 15 is 0 Å². The molecule has 0 aromatic carbocycles. The van der Waals surface area contributed by atoms with Crippen molar-refractivity contribution in [3.63, 3.8) is 0 Å². The number of alkyl halides is 3. The zero-order valence-electron chi connectivity index (χ0n) is 10.4. The van der Waals surface area contributed by atoms with E-state index < -0.39 is 12.2 Å². The number of hydrogen-bond donors (Lipinski definition) is 1. The van der Waals surface area contributed by atoms with Gasteiger partial charge >= 0.3 is 6.18 Å². The molecule has 0 heterocycles. The molecule has 0 rings (SSSR count). The maximum Gasteiger partial charge on any atom is 0.404 e. The van der Waals surface area contributed by atoms with Gasteiger partial charge in [0, 0.05) is 14.1 Å². The predicted molar refractivity (Wildman–Crippen MR) is 59.5 cm³/mol. The largest absolute Gasteiger partial charge is 0.404 e. The van der Waals surface area contributed by atoms with Gasteiger partial charge in [-0.2, -0.15) is 13.2 Å². The molecular weight excluding hydrogens is 235 g/mol. The van der Waals surface area contributed by atoms with Gasteiger partial charge in [-0.25, -0.2) is 0 Å². The van der Waals surface area contributed by atoms with Crippen molar-refractivity contribution in [2.24, 2.45) is 5.73 Å². The van der Waals surface area contributed by atoms with Crippen molar-refractivity contribution < 1.29 is 18.0 Å². The SMILES string of the molecule is CCN(CC(=O)N(C)C)C(CCN)C(F)(F)F. The lowest BCUT2D eigenvalue weighted by atomic mass is 10.1. The molecule has 0 aliphatic carbocycles. The molecule has 1 unspecified atom stereocenters. The van der Waals surface area contributed by atoms with Crippen LogP contribution in [0.15, 0.2) is 0 Å². The number of halogens is 3. The predicted octanol–water partition coefficient (Wildman–Crippen LogP) is 0.676. The second-order valence-corrected chi connectivity index (χ2v) is 3.99. The van der Waals surface area contributed by atoms with Gasteiger partial charge in [0.05, 0.1) is 6.54 Å². The fourth-order valence-corrected chi connectivity index (χ4v) is 1.47.